The summed E-state index contributed by atoms with van der Waals surface area (Å²) in [5, 5.41) is 2.97. The average Bonchev–Trinajstić information content (AvgIpc) is 3.50. The summed E-state index contributed by atoms with van der Waals surface area (Å²) in [7, 11) is 1.67. The number of ether oxygens (including phenoxy) is 1. The van der Waals surface area contributed by atoms with Crippen molar-refractivity contribution in [3.8, 4) is 11.8 Å². The number of benzene rings is 1. The van der Waals surface area contributed by atoms with Gasteiger partial charge in [0.2, 0.25) is 0 Å². The number of carbonyl (C=O) groups excluding carboxylic acids is 1. The second kappa shape index (κ2) is 7.46. The van der Waals surface area contributed by atoms with Crippen LogP contribution in [0.3, 0.4) is 0 Å². The van der Waals surface area contributed by atoms with Crippen molar-refractivity contribution in [3.05, 3.63) is 34.9 Å². The fraction of sp³-hybridized carbons (Fsp3) is 0.583. The van der Waals surface area contributed by atoms with E-state index in [0.29, 0.717) is 30.1 Å². The van der Waals surface area contributed by atoms with Crippen LogP contribution in [0.2, 0.25) is 0 Å². The van der Waals surface area contributed by atoms with Gasteiger partial charge in [0.05, 0.1) is 6.10 Å². The molecule has 3 fully saturated rings. The van der Waals surface area contributed by atoms with Crippen LogP contribution in [0.1, 0.15) is 55.2 Å². The molecule has 2 spiro atoms. The van der Waals surface area contributed by atoms with Crippen LogP contribution in [0, 0.1) is 23.2 Å². The first-order valence-corrected chi connectivity index (χ1v) is 11.5. The van der Waals surface area contributed by atoms with Crippen LogP contribution in [0.5, 0.6) is 0 Å². The molecule has 1 aromatic rings. The fourth-order valence-electron chi connectivity index (χ4n) is 5.73. The highest BCUT2D eigenvalue weighted by molar-refractivity contribution is 7.80. The van der Waals surface area contributed by atoms with E-state index in [-0.39, 0.29) is 11.2 Å². The smallest absolute Gasteiger partial charge is 0.381 e. The Kier molecular flexibility index (Phi) is 5.06. The third kappa shape index (κ3) is 3.41. The lowest BCUT2D eigenvalue weighted by Gasteiger charge is -2.46. The zero-order valence-electron chi connectivity index (χ0n) is 17.8. The highest BCUT2D eigenvalue weighted by atomic mass is 32.1. The Morgan fingerprint density at radius 3 is 2.59 bits per heavy atom. The van der Waals surface area contributed by atoms with E-state index in [1.807, 2.05) is 18.2 Å². The lowest BCUT2D eigenvalue weighted by atomic mass is 9.61. The van der Waals surface area contributed by atoms with Gasteiger partial charge in [0.1, 0.15) is 6.54 Å². The van der Waals surface area contributed by atoms with Crippen molar-refractivity contribution in [1.82, 2.24) is 10.2 Å². The van der Waals surface area contributed by atoms with E-state index in [1.54, 1.807) is 7.11 Å². The summed E-state index contributed by atoms with van der Waals surface area (Å²) in [5.41, 5.74) is 0.658. The third-order valence-corrected chi connectivity index (χ3v) is 7.82. The van der Waals surface area contributed by atoms with E-state index < -0.39 is 29.6 Å². The minimum Gasteiger partial charge on any atom is -0.381 e. The summed E-state index contributed by atoms with van der Waals surface area (Å²) < 4.78 is 45.4. The van der Waals surface area contributed by atoms with Gasteiger partial charge in [0.25, 0.3) is 5.91 Å². The number of carbonyl (C=O) groups is 1. The van der Waals surface area contributed by atoms with E-state index in [1.165, 1.54) is 0 Å². The Labute approximate surface area is 190 Å². The molecule has 1 unspecified atom stereocenters. The number of fused-ring (bicyclic) bond motifs is 3. The number of rotatable bonds is 2. The van der Waals surface area contributed by atoms with Gasteiger partial charge in [-0.2, -0.15) is 13.2 Å². The topological polar surface area (TPSA) is 41.6 Å². The first kappa shape index (κ1) is 21.7. The van der Waals surface area contributed by atoms with Crippen LogP contribution >= 0.6 is 12.2 Å². The van der Waals surface area contributed by atoms with Crippen molar-refractivity contribution in [2.75, 3.05) is 13.7 Å². The predicted molar refractivity (Wildman–Crippen MR) is 117 cm³/mol. The highest BCUT2D eigenvalue weighted by Crippen LogP contribution is 2.60. The molecule has 1 N–H and O–H groups in total. The van der Waals surface area contributed by atoms with Crippen LogP contribution in [0.25, 0.3) is 0 Å². The van der Waals surface area contributed by atoms with E-state index in [2.05, 4.69) is 17.2 Å². The van der Waals surface area contributed by atoms with E-state index in [4.69, 9.17) is 17.0 Å². The van der Waals surface area contributed by atoms with Gasteiger partial charge in [-0.25, -0.2) is 0 Å². The number of nitrogens with one attached hydrogen (secondary N) is 1. The molecule has 4 aliphatic rings. The molecule has 0 aromatic heterocycles. The van der Waals surface area contributed by atoms with Crippen molar-refractivity contribution < 1.29 is 22.7 Å². The van der Waals surface area contributed by atoms with Gasteiger partial charge in [0, 0.05) is 24.0 Å². The zero-order valence-corrected chi connectivity index (χ0v) is 18.7. The molecule has 170 valence electrons. The highest BCUT2D eigenvalue weighted by Gasteiger charge is 2.67. The fourth-order valence-corrected chi connectivity index (χ4v) is 6.03. The normalized spacial score (nSPS) is 31.6. The Morgan fingerprint density at radius 2 is 1.97 bits per heavy atom. The molecule has 5 rings (SSSR count). The molecule has 2 saturated carbocycles. The molecule has 1 aromatic carbocycles. The zero-order chi connectivity index (χ0) is 22.7. The minimum atomic E-state index is -4.53. The number of halogens is 3. The standard InChI is InChI=1S/C24H25F3N2O2S/c1-31-18-8-10-22(11-9-18)13-17-7-6-16(5-4-15-2-3-15)12-19(17)24(22)20(30)29(21(32)28-24)14-23(25,26)27/h6-7,12,15,18H,2-3,8-11,13-14H2,1H3,(H,28,32). The summed E-state index contributed by atoms with van der Waals surface area (Å²) >= 11 is 5.29. The van der Waals surface area contributed by atoms with Gasteiger partial charge in [-0.15, -0.1) is 0 Å². The van der Waals surface area contributed by atoms with Crippen LogP contribution in [0.4, 0.5) is 13.2 Å². The first-order valence-electron chi connectivity index (χ1n) is 11.1. The lowest BCUT2D eigenvalue weighted by molar-refractivity contribution is -0.157. The molecular formula is C24H25F3N2O2S. The van der Waals surface area contributed by atoms with Crippen molar-refractivity contribution in [2.24, 2.45) is 11.3 Å². The summed E-state index contributed by atoms with van der Waals surface area (Å²) in [6, 6.07) is 5.83. The molecule has 1 heterocycles. The Hall–Kier alpha value is -2.11. The third-order valence-electron chi connectivity index (χ3n) is 7.50. The molecule has 1 aliphatic heterocycles. The average molecular weight is 463 g/mol. The molecule has 4 nitrogen and oxygen atoms in total. The number of amides is 1. The predicted octanol–water partition coefficient (Wildman–Crippen LogP) is 4.05. The monoisotopic (exact) mass is 462 g/mol. The maximum Gasteiger partial charge on any atom is 0.406 e. The van der Waals surface area contributed by atoms with E-state index in [9.17, 15) is 18.0 Å². The largest absolute Gasteiger partial charge is 0.406 e. The summed E-state index contributed by atoms with van der Waals surface area (Å²) in [6.07, 6.45) is 1.23. The quantitative estimate of drug-likeness (QED) is 0.532. The molecular weight excluding hydrogens is 437 g/mol. The van der Waals surface area contributed by atoms with Crippen LogP contribution in [0.15, 0.2) is 18.2 Å². The van der Waals surface area contributed by atoms with Crippen molar-refractivity contribution in [1.29, 1.82) is 0 Å². The maximum absolute atomic E-state index is 13.8. The SMILES string of the molecule is COC1CCC2(CC1)Cc1ccc(C#CC3CC3)cc1C21NC(=S)N(CC(F)(F)F)C1=O. The molecule has 0 bridgehead atoms. The lowest BCUT2D eigenvalue weighted by Crippen LogP contribution is -2.57. The van der Waals surface area contributed by atoms with Crippen LogP contribution < -0.4 is 5.32 Å². The van der Waals surface area contributed by atoms with Gasteiger partial charge < -0.3 is 10.1 Å². The number of nitrogens with zero attached hydrogens (tertiary/aromatic N) is 1. The van der Waals surface area contributed by atoms with Gasteiger partial charge in [-0.1, -0.05) is 17.9 Å². The molecule has 1 amide bonds. The second-order valence-electron chi connectivity index (χ2n) is 9.49. The summed E-state index contributed by atoms with van der Waals surface area (Å²) in [6.45, 7) is -1.38. The number of alkyl halides is 3. The first-order chi connectivity index (χ1) is 15.2. The second-order valence-corrected chi connectivity index (χ2v) is 9.88. The molecule has 3 aliphatic carbocycles. The summed E-state index contributed by atoms with van der Waals surface area (Å²) in [4.78, 5) is 14.5. The van der Waals surface area contributed by atoms with Gasteiger partial charge in [-0.3, -0.25) is 9.69 Å². The number of thiocarbonyl (C=S) groups is 1. The maximum atomic E-state index is 13.8. The Balaban J connectivity index is 1.60. The molecule has 8 heteroatoms. The van der Waals surface area contributed by atoms with Crippen LogP contribution in [-0.4, -0.2) is 41.9 Å². The number of hydrogen-bond donors (Lipinski definition) is 1. The minimum absolute atomic E-state index is 0.0936. The molecule has 0 radical (unpaired) electrons. The Morgan fingerprint density at radius 1 is 1.25 bits per heavy atom. The number of hydrogen-bond acceptors (Lipinski definition) is 3. The summed E-state index contributed by atoms with van der Waals surface area (Å²) in [5.74, 6) is 6.25. The van der Waals surface area contributed by atoms with Gasteiger partial charge >= 0.3 is 6.18 Å². The molecule has 1 atom stereocenters. The van der Waals surface area contributed by atoms with Crippen molar-refractivity contribution >= 4 is 23.2 Å². The van der Waals surface area contributed by atoms with Gasteiger partial charge in [0.15, 0.2) is 10.7 Å². The molecule has 1 saturated heterocycles. The van der Waals surface area contributed by atoms with Crippen molar-refractivity contribution in [3.63, 3.8) is 0 Å². The van der Waals surface area contributed by atoms with E-state index in [0.717, 1.165) is 42.4 Å². The Bertz CT molecular complexity index is 1030. The van der Waals surface area contributed by atoms with E-state index >= 15 is 0 Å². The van der Waals surface area contributed by atoms with Gasteiger partial charge in [-0.05, 0) is 80.4 Å². The molecule has 32 heavy (non-hydrogen) atoms. The van der Waals surface area contributed by atoms with Crippen molar-refractivity contribution in [2.45, 2.75) is 62.8 Å². The van der Waals surface area contributed by atoms with Crippen LogP contribution in [-0.2, 0) is 21.5 Å². The number of methoxy groups -OCH3 is 1.